The molecule has 26 heavy (non-hydrogen) atoms. The van der Waals surface area contributed by atoms with Crippen LogP contribution in [0, 0.1) is 0 Å². The Bertz CT molecular complexity index is 1020. The Balaban J connectivity index is 1.47. The van der Waals surface area contributed by atoms with E-state index in [4.69, 9.17) is 4.74 Å². The van der Waals surface area contributed by atoms with Gasteiger partial charge < -0.3 is 14.6 Å². The second-order valence-corrected chi connectivity index (χ2v) is 9.13. The lowest BCUT2D eigenvalue weighted by Gasteiger charge is -2.32. The highest BCUT2D eigenvalue weighted by Crippen LogP contribution is 2.32. The van der Waals surface area contributed by atoms with Crippen molar-refractivity contribution in [3.8, 4) is 5.75 Å². The smallest absolute Gasteiger partial charge is 0.148 e. The molecule has 1 saturated heterocycles. The zero-order valence-electron chi connectivity index (χ0n) is 14.7. The molecule has 4 rings (SSSR count). The Morgan fingerprint density at radius 3 is 2.88 bits per heavy atom. The lowest BCUT2D eigenvalue weighted by molar-refractivity contribution is 0.105. The number of likely N-dealkylation sites (tertiary alicyclic amines) is 1. The Kier molecular flexibility index (Phi) is 4.54. The summed E-state index contributed by atoms with van der Waals surface area (Å²) in [6, 6.07) is 3.95. The van der Waals surface area contributed by atoms with Crippen LogP contribution in [0.5, 0.6) is 5.75 Å². The standard InChI is InChI=1S/C18H22N4O3S/c1-26(23,24)10-9-22-7-4-13(5-8-22)25-16-12-19-11-15-17(16)14-3-2-6-20-18(14)21-15/h2-3,6,11-13H,4-5,7-10H2,1H3,(H,20,21). The number of rotatable bonds is 5. The number of pyridine rings is 2. The van der Waals surface area contributed by atoms with Gasteiger partial charge in [0.05, 0.1) is 29.0 Å². The SMILES string of the molecule is CS(=O)(=O)CCN1CCC(Oc2cncc3[nH]c4ncccc4c23)CC1. The Morgan fingerprint density at radius 1 is 1.31 bits per heavy atom. The molecule has 0 aliphatic carbocycles. The minimum Gasteiger partial charge on any atom is -0.488 e. The molecule has 8 heteroatoms. The van der Waals surface area contributed by atoms with E-state index in [0.29, 0.717) is 6.54 Å². The molecule has 138 valence electrons. The van der Waals surface area contributed by atoms with E-state index in [-0.39, 0.29) is 11.9 Å². The number of H-pyrrole nitrogens is 1. The van der Waals surface area contributed by atoms with Gasteiger partial charge in [0.25, 0.3) is 0 Å². The monoisotopic (exact) mass is 374 g/mol. The summed E-state index contributed by atoms with van der Waals surface area (Å²) in [7, 11) is -2.91. The number of aromatic nitrogens is 3. The van der Waals surface area contributed by atoms with Crippen molar-refractivity contribution in [1.29, 1.82) is 0 Å². The van der Waals surface area contributed by atoms with E-state index in [1.54, 1.807) is 18.6 Å². The van der Waals surface area contributed by atoms with Gasteiger partial charge in [0.15, 0.2) is 0 Å². The third-order valence-corrected chi connectivity index (χ3v) is 5.77. The molecule has 0 unspecified atom stereocenters. The number of aromatic amines is 1. The molecule has 0 radical (unpaired) electrons. The third-order valence-electron chi connectivity index (χ3n) is 4.85. The van der Waals surface area contributed by atoms with E-state index in [9.17, 15) is 8.42 Å². The molecule has 1 fully saturated rings. The van der Waals surface area contributed by atoms with Crippen LogP contribution < -0.4 is 4.74 Å². The molecule has 0 bridgehead atoms. The van der Waals surface area contributed by atoms with Crippen molar-refractivity contribution in [2.45, 2.75) is 18.9 Å². The molecule has 1 aliphatic rings. The highest BCUT2D eigenvalue weighted by Gasteiger charge is 2.22. The average molecular weight is 374 g/mol. The third kappa shape index (κ3) is 3.66. The second kappa shape index (κ2) is 6.85. The van der Waals surface area contributed by atoms with Crippen molar-refractivity contribution in [1.82, 2.24) is 19.9 Å². The van der Waals surface area contributed by atoms with E-state index in [0.717, 1.165) is 53.6 Å². The molecule has 0 amide bonds. The Morgan fingerprint density at radius 2 is 2.12 bits per heavy atom. The van der Waals surface area contributed by atoms with Gasteiger partial charge >= 0.3 is 0 Å². The van der Waals surface area contributed by atoms with Crippen molar-refractivity contribution in [3.63, 3.8) is 0 Å². The first-order valence-corrected chi connectivity index (χ1v) is 10.8. The van der Waals surface area contributed by atoms with E-state index in [1.165, 1.54) is 6.26 Å². The molecule has 0 spiro atoms. The normalized spacial score (nSPS) is 17.1. The maximum Gasteiger partial charge on any atom is 0.148 e. The molecule has 3 aromatic rings. The van der Waals surface area contributed by atoms with Crippen LogP contribution in [0.15, 0.2) is 30.7 Å². The summed E-state index contributed by atoms with van der Waals surface area (Å²) in [5.74, 6) is 0.987. The van der Waals surface area contributed by atoms with Gasteiger partial charge in [-0.05, 0) is 25.0 Å². The zero-order chi connectivity index (χ0) is 18.1. The van der Waals surface area contributed by atoms with Crippen LogP contribution in [-0.2, 0) is 9.84 Å². The minimum absolute atomic E-state index is 0.110. The van der Waals surface area contributed by atoms with Crippen molar-refractivity contribution < 1.29 is 13.2 Å². The molecule has 1 aliphatic heterocycles. The van der Waals surface area contributed by atoms with Gasteiger partial charge in [0, 0.05) is 37.5 Å². The largest absolute Gasteiger partial charge is 0.488 e. The topological polar surface area (TPSA) is 88.2 Å². The summed E-state index contributed by atoms with van der Waals surface area (Å²) < 4.78 is 28.9. The fourth-order valence-corrected chi connectivity index (χ4v) is 4.05. The molecule has 0 aromatic carbocycles. The molecule has 0 saturated carbocycles. The first kappa shape index (κ1) is 17.2. The van der Waals surface area contributed by atoms with E-state index in [2.05, 4.69) is 19.9 Å². The average Bonchev–Trinajstić information content (AvgIpc) is 3.00. The van der Waals surface area contributed by atoms with Gasteiger partial charge in [-0.15, -0.1) is 0 Å². The predicted molar refractivity (Wildman–Crippen MR) is 101 cm³/mol. The van der Waals surface area contributed by atoms with Gasteiger partial charge in [0.1, 0.15) is 27.3 Å². The molecule has 0 atom stereocenters. The van der Waals surface area contributed by atoms with Gasteiger partial charge in [0.2, 0.25) is 0 Å². The lowest BCUT2D eigenvalue weighted by Crippen LogP contribution is -2.40. The van der Waals surface area contributed by atoms with Crippen molar-refractivity contribution >= 4 is 31.8 Å². The Labute approximate surface area is 152 Å². The van der Waals surface area contributed by atoms with Gasteiger partial charge in [-0.1, -0.05) is 0 Å². The highest BCUT2D eigenvalue weighted by atomic mass is 32.2. The number of nitrogens with zero attached hydrogens (tertiary/aromatic N) is 3. The summed E-state index contributed by atoms with van der Waals surface area (Å²) in [4.78, 5) is 14.1. The van der Waals surface area contributed by atoms with Crippen LogP contribution in [-0.4, -0.2) is 66.0 Å². The summed E-state index contributed by atoms with van der Waals surface area (Å²) in [6.45, 7) is 2.29. The fraction of sp³-hybridized carbons (Fsp3) is 0.444. The summed E-state index contributed by atoms with van der Waals surface area (Å²) in [6.07, 6.45) is 8.46. The van der Waals surface area contributed by atoms with Gasteiger partial charge in [-0.3, -0.25) is 4.98 Å². The number of hydrogen-bond donors (Lipinski definition) is 1. The molecule has 4 heterocycles. The summed E-state index contributed by atoms with van der Waals surface area (Å²) in [5.41, 5.74) is 1.75. The van der Waals surface area contributed by atoms with Crippen LogP contribution in [0.25, 0.3) is 21.9 Å². The number of hydrogen-bond acceptors (Lipinski definition) is 6. The summed E-state index contributed by atoms with van der Waals surface area (Å²) in [5, 5.41) is 2.05. The van der Waals surface area contributed by atoms with Crippen molar-refractivity contribution in [3.05, 3.63) is 30.7 Å². The van der Waals surface area contributed by atoms with Crippen molar-refractivity contribution in [2.75, 3.05) is 31.6 Å². The number of nitrogens with one attached hydrogen (secondary N) is 1. The Hall–Kier alpha value is -2.19. The maximum atomic E-state index is 11.3. The van der Waals surface area contributed by atoms with Gasteiger partial charge in [-0.25, -0.2) is 13.4 Å². The fourth-order valence-electron chi connectivity index (χ4n) is 3.46. The highest BCUT2D eigenvalue weighted by molar-refractivity contribution is 7.90. The molecule has 7 nitrogen and oxygen atoms in total. The van der Waals surface area contributed by atoms with Crippen molar-refractivity contribution in [2.24, 2.45) is 0 Å². The van der Waals surface area contributed by atoms with E-state index < -0.39 is 9.84 Å². The van der Waals surface area contributed by atoms with E-state index in [1.807, 2.05) is 12.1 Å². The van der Waals surface area contributed by atoms with E-state index >= 15 is 0 Å². The zero-order valence-corrected chi connectivity index (χ0v) is 15.5. The number of ether oxygens (including phenoxy) is 1. The lowest BCUT2D eigenvalue weighted by atomic mass is 10.1. The molecular weight excluding hydrogens is 352 g/mol. The van der Waals surface area contributed by atoms with Crippen LogP contribution in [0.1, 0.15) is 12.8 Å². The van der Waals surface area contributed by atoms with Crippen LogP contribution in [0.3, 0.4) is 0 Å². The molecular formula is C18H22N4O3S. The first-order chi connectivity index (χ1) is 12.5. The summed E-state index contributed by atoms with van der Waals surface area (Å²) >= 11 is 0. The molecule has 1 N–H and O–H groups in total. The van der Waals surface area contributed by atoms with Crippen LogP contribution in [0.2, 0.25) is 0 Å². The van der Waals surface area contributed by atoms with Gasteiger partial charge in [-0.2, -0.15) is 0 Å². The molecule has 3 aromatic heterocycles. The number of piperidine rings is 1. The van der Waals surface area contributed by atoms with Crippen LogP contribution >= 0.6 is 0 Å². The first-order valence-electron chi connectivity index (χ1n) is 8.77. The second-order valence-electron chi connectivity index (χ2n) is 6.87. The maximum absolute atomic E-state index is 11.3. The number of sulfone groups is 1. The predicted octanol–water partition coefficient (Wildman–Crippen LogP) is 2.00. The minimum atomic E-state index is -2.91. The quantitative estimate of drug-likeness (QED) is 0.735. The van der Waals surface area contributed by atoms with Crippen LogP contribution in [0.4, 0.5) is 0 Å². The number of fused-ring (bicyclic) bond motifs is 3.